The van der Waals surface area contributed by atoms with E-state index in [1.807, 2.05) is 23.9 Å². The predicted molar refractivity (Wildman–Crippen MR) is 62.9 cm³/mol. The number of hydrogen-bond donors (Lipinski definition) is 1. The minimum Gasteiger partial charge on any atom is -0.381 e. The molecule has 0 aromatic carbocycles. The quantitative estimate of drug-likeness (QED) is 0.844. The standard InChI is InChI=1S/C11H13N3S/c1-15-11(4-5-11)8-14-9-3-2-6-13-10(9)7-12/h2-3,6,14H,4-5,8H2,1H3. The van der Waals surface area contributed by atoms with Crippen LogP contribution in [0.15, 0.2) is 18.3 Å². The second kappa shape index (κ2) is 4.11. The van der Waals surface area contributed by atoms with Crippen LogP contribution in [0.25, 0.3) is 0 Å². The second-order valence-electron chi connectivity index (χ2n) is 3.75. The van der Waals surface area contributed by atoms with Crippen molar-refractivity contribution in [2.75, 3.05) is 18.1 Å². The number of nitrogens with one attached hydrogen (secondary N) is 1. The average Bonchev–Trinajstić information content (AvgIpc) is 3.07. The number of nitrogens with zero attached hydrogens (tertiary/aromatic N) is 2. The molecule has 0 unspecified atom stereocenters. The van der Waals surface area contributed by atoms with Gasteiger partial charge in [0.1, 0.15) is 6.07 Å². The van der Waals surface area contributed by atoms with Crippen molar-refractivity contribution in [2.24, 2.45) is 0 Å². The molecular weight excluding hydrogens is 206 g/mol. The molecule has 78 valence electrons. The Balaban J connectivity index is 2.02. The zero-order chi connectivity index (χ0) is 10.7. The van der Waals surface area contributed by atoms with Gasteiger partial charge >= 0.3 is 0 Å². The van der Waals surface area contributed by atoms with Crippen LogP contribution < -0.4 is 5.32 Å². The van der Waals surface area contributed by atoms with Gasteiger partial charge in [0.15, 0.2) is 5.69 Å². The number of aromatic nitrogens is 1. The minimum absolute atomic E-state index is 0.405. The summed E-state index contributed by atoms with van der Waals surface area (Å²) in [6.45, 7) is 0.925. The van der Waals surface area contributed by atoms with Gasteiger partial charge in [-0.15, -0.1) is 0 Å². The van der Waals surface area contributed by atoms with Gasteiger partial charge in [-0.05, 0) is 31.2 Å². The summed E-state index contributed by atoms with van der Waals surface area (Å²) in [7, 11) is 0. The van der Waals surface area contributed by atoms with Crippen LogP contribution in [-0.2, 0) is 0 Å². The Labute approximate surface area is 93.9 Å². The zero-order valence-electron chi connectivity index (χ0n) is 8.66. The minimum atomic E-state index is 0.405. The Morgan fingerprint density at radius 1 is 1.67 bits per heavy atom. The third kappa shape index (κ3) is 2.24. The summed E-state index contributed by atoms with van der Waals surface area (Å²) in [5.41, 5.74) is 1.33. The van der Waals surface area contributed by atoms with Crippen molar-refractivity contribution in [3.05, 3.63) is 24.0 Å². The predicted octanol–water partition coefficient (Wildman–Crippen LogP) is 2.26. The van der Waals surface area contributed by atoms with E-state index in [-0.39, 0.29) is 0 Å². The summed E-state index contributed by atoms with van der Waals surface area (Å²) in [6, 6.07) is 5.84. The van der Waals surface area contributed by atoms with Gasteiger partial charge in [-0.3, -0.25) is 0 Å². The largest absolute Gasteiger partial charge is 0.381 e. The highest BCUT2D eigenvalue weighted by Gasteiger charge is 2.41. The number of thioether (sulfide) groups is 1. The molecule has 1 aliphatic rings. The highest BCUT2D eigenvalue weighted by atomic mass is 32.2. The lowest BCUT2D eigenvalue weighted by molar-refractivity contribution is 0.946. The third-order valence-electron chi connectivity index (χ3n) is 2.76. The van der Waals surface area contributed by atoms with Crippen LogP contribution >= 0.6 is 11.8 Å². The highest BCUT2D eigenvalue weighted by molar-refractivity contribution is 8.00. The summed E-state index contributed by atoms with van der Waals surface area (Å²) in [5, 5.41) is 12.2. The number of pyridine rings is 1. The molecule has 0 amide bonds. The smallest absolute Gasteiger partial charge is 0.163 e. The molecule has 15 heavy (non-hydrogen) atoms. The van der Waals surface area contributed by atoms with Crippen molar-refractivity contribution >= 4 is 17.4 Å². The summed E-state index contributed by atoms with van der Waals surface area (Å²) in [5.74, 6) is 0. The van der Waals surface area contributed by atoms with Gasteiger partial charge in [-0.1, -0.05) is 0 Å². The van der Waals surface area contributed by atoms with Crippen molar-refractivity contribution in [2.45, 2.75) is 17.6 Å². The zero-order valence-corrected chi connectivity index (χ0v) is 9.47. The second-order valence-corrected chi connectivity index (χ2v) is 5.03. The molecule has 1 N–H and O–H groups in total. The lowest BCUT2D eigenvalue weighted by atomic mass is 10.3. The van der Waals surface area contributed by atoms with Crippen LogP contribution in [0.1, 0.15) is 18.5 Å². The number of nitriles is 1. The van der Waals surface area contributed by atoms with Crippen LogP contribution in [0.2, 0.25) is 0 Å². The van der Waals surface area contributed by atoms with E-state index in [1.54, 1.807) is 6.20 Å². The molecule has 1 heterocycles. The lowest BCUT2D eigenvalue weighted by Crippen LogP contribution is -2.18. The molecule has 0 bridgehead atoms. The molecule has 4 heteroatoms. The molecule has 1 saturated carbocycles. The van der Waals surface area contributed by atoms with Gasteiger partial charge in [-0.2, -0.15) is 17.0 Å². The molecule has 0 spiro atoms. The van der Waals surface area contributed by atoms with E-state index in [0.717, 1.165) is 12.2 Å². The van der Waals surface area contributed by atoms with Gasteiger partial charge in [0.05, 0.1) is 5.69 Å². The summed E-state index contributed by atoms with van der Waals surface area (Å²) >= 11 is 1.91. The average molecular weight is 219 g/mol. The first-order valence-electron chi connectivity index (χ1n) is 4.94. The third-order valence-corrected chi connectivity index (χ3v) is 4.17. The van der Waals surface area contributed by atoms with Gasteiger partial charge < -0.3 is 5.32 Å². The number of anilines is 1. The van der Waals surface area contributed by atoms with E-state index in [1.165, 1.54) is 12.8 Å². The molecule has 0 saturated heterocycles. The van der Waals surface area contributed by atoms with Gasteiger partial charge in [0.2, 0.25) is 0 Å². The van der Waals surface area contributed by atoms with Crippen LogP contribution in [0, 0.1) is 11.3 Å². The molecule has 0 radical (unpaired) electrons. The first-order valence-corrected chi connectivity index (χ1v) is 6.16. The fourth-order valence-electron chi connectivity index (χ4n) is 1.49. The first-order chi connectivity index (χ1) is 7.29. The lowest BCUT2D eigenvalue weighted by Gasteiger charge is -2.14. The Kier molecular flexibility index (Phi) is 2.83. The SMILES string of the molecule is CSC1(CNc2cccnc2C#N)CC1. The topological polar surface area (TPSA) is 48.7 Å². The molecule has 1 aliphatic carbocycles. The Morgan fingerprint density at radius 2 is 2.47 bits per heavy atom. The maximum Gasteiger partial charge on any atom is 0.163 e. The van der Waals surface area contributed by atoms with E-state index in [4.69, 9.17) is 5.26 Å². The Morgan fingerprint density at radius 3 is 3.07 bits per heavy atom. The molecule has 0 atom stereocenters. The molecule has 1 fully saturated rings. The normalized spacial score (nSPS) is 16.8. The monoisotopic (exact) mass is 219 g/mol. The fraction of sp³-hybridized carbons (Fsp3) is 0.455. The van der Waals surface area contributed by atoms with Crippen molar-refractivity contribution in [1.29, 1.82) is 5.26 Å². The van der Waals surface area contributed by atoms with E-state index in [9.17, 15) is 0 Å². The van der Waals surface area contributed by atoms with E-state index in [2.05, 4.69) is 22.6 Å². The molecule has 3 nitrogen and oxygen atoms in total. The van der Waals surface area contributed by atoms with Crippen LogP contribution in [0.4, 0.5) is 5.69 Å². The first kappa shape index (κ1) is 10.3. The van der Waals surface area contributed by atoms with Crippen LogP contribution in [0.5, 0.6) is 0 Å². The van der Waals surface area contributed by atoms with Gasteiger partial charge in [0.25, 0.3) is 0 Å². The van der Waals surface area contributed by atoms with Crippen molar-refractivity contribution in [1.82, 2.24) is 4.98 Å². The van der Waals surface area contributed by atoms with E-state index in [0.29, 0.717) is 10.4 Å². The highest BCUT2D eigenvalue weighted by Crippen LogP contribution is 2.47. The van der Waals surface area contributed by atoms with Crippen molar-refractivity contribution in [3.8, 4) is 6.07 Å². The fourth-order valence-corrected chi connectivity index (χ4v) is 2.21. The summed E-state index contributed by atoms with van der Waals surface area (Å²) in [4.78, 5) is 4.01. The summed E-state index contributed by atoms with van der Waals surface area (Å²) in [6.07, 6.45) is 6.32. The maximum absolute atomic E-state index is 8.86. The number of hydrogen-bond acceptors (Lipinski definition) is 4. The van der Waals surface area contributed by atoms with Crippen LogP contribution in [0.3, 0.4) is 0 Å². The molecule has 2 rings (SSSR count). The summed E-state index contributed by atoms with van der Waals surface area (Å²) < 4.78 is 0.405. The molecule has 0 aliphatic heterocycles. The van der Waals surface area contributed by atoms with E-state index >= 15 is 0 Å². The molecule has 1 aromatic rings. The Bertz CT molecular complexity index is 393. The maximum atomic E-state index is 8.86. The van der Waals surface area contributed by atoms with Crippen LogP contribution in [-0.4, -0.2) is 22.5 Å². The van der Waals surface area contributed by atoms with Crippen molar-refractivity contribution in [3.63, 3.8) is 0 Å². The molecular formula is C11H13N3S. The molecule has 1 aromatic heterocycles. The number of rotatable bonds is 4. The Hall–Kier alpha value is -1.21. The van der Waals surface area contributed by atoms with Gasteiger partial charge in [-0.25, -0.2) is 4.98 Å². The van der Waals surface area contributed by atoms with Gasteiger partial charge in [0, 0.05) is 17.5 Å². The van der Waals surface area contributed by atoms with E-state index < -0.39 is 0 Å². The van der Waals surface area contributed by atoms with Crippen molar-refractivity contribution < 1.29 is 0 Å².